The van der Waals surface area contributed by atoms with Gasteiger partial charge in [0.15, 0.2) is 0 Å². The van der Waals surface area contributed by atoms with Crippen molar-refractivity contribution in [1.29, 1.82) is 0 Å². The van der Waals surface area contributed by atoms with Gasteiger partial charge in [-0.3, -0.25) is 9.69 Å². The smallest absolute Gasteiger partial charge is 0.203 e. The van der Waals surface area contributed by atoms with Crippen LogP contribution in [0.4, 0.5) is 0 Å². The first-order chi connectivity index (χ1) is 25.6. The Labute approximate surface area is 319 Å². The molecule has 8 heteroatoms. The van der Waals surface area contributed by atoms with Crippen LogP contribution in [0.1, 0.15) is 96.6 Å². The molecule has 3 aromatic carbocycles. The number of hydrogen-bond donors (Lipinski definition) is 3. The first-order valence-corrected chi connectivity index (χ1v) is 20.1. The SMILES string of the molecule is COCCCN(C[C@@H](O)COCc1ccccc1)C[C@]1(O)CC[C@H]2c3ccc(cc3C(=O)c3cc4ccccc4s3)C[C@@H](O)CCC(C)=CCC[C@@]21C. The van der Waals surface area contributed by atoms with E-state index in [0.717, 1.165) is 58.9 Å². The van der Waals surface area contributed by atoms with Crippen LogP contribution in [0.15, 0.2) is 90.5 Å². The molecule has 1 heterocycles. The van der Waals surface area contributed by atoms with Crippen LogP contribution < -0.4 is 0 Å². The molecule has 0 unspecified atom stereocenters. The quantitative estimate of drug-likeness (QED) is 0.0684. The van der Waals surface area contributed by atoms with Crippen molar-refractivity contribution in [2.75, 3.05) is 40.0 Å². The zero-order chi connectivity index (χ0) is 37.4. The highest BCUT2D eigenvalue weighted by molar-refractivity contribution is 7.21. The third-order valence-corrected chi connectivity index (χ3v) is 12.9. The number of nitrogens with zero attached hydrogens (tertiary/aromatic N) is 1. The van der Waals surface area contributed by atoms with Gasteiger partial charge in [-0.1, -0.05) is 79.2 Å². The number of aliphatic hydroxyl groups excluding tert-OH is 2. The molecule has 2 bridgehead atoms. The number of carbonyl (C=O) groups excluding carboxylic acids is 1. The minimum Gasteiger partial charge on any atom is -0.393 e. The van der Waals surface area contributed by atoms with Crippen molar-refractivity contribution in [2.45, 2.75) is 95.5 Å². The molecule has 284 valence electrons. The molecule has 0 radical (unpaired) electrons. The van der Waals surface area contributed by atoms with Gasteiger partial charge in [0.05, 0.1) is 35.9 Å². The van der Waals surface area contributed by atoms with Gasteiger partial charge < -0.3 is 24.8 Å². The van der Waals surface area contributed by atoms with Crippen molar-refractivity contribution >= 4 is 27.2 Å². The molecule has 3 aliphatic carbocycles. The second-order valence-corrected chi connectivity index (χ2v) is 16.7. The van der Waals surface area contributed by atoms with Crippen LogP contribution in [-0.4, -0.2) is 83.8 Å². The Morgan fingerprint density at radius 3 is 2.62 bits per heavy atom. The molecule has 0 aliphatic heterocycles. The summed E-state index contributed by atoms with van der Waals surface area (Å²) in [5.74, 6) is -0.0746. The fourth-order valence-corrected chi connectivity index (χ4v) is 9.72. The fourth-order valence-electron chi connectivity index (χ4n) is 8.70. The summed E-state index contributed by atoms with van der Waals surface area (Å²) in [7, 11) is 1.70. The van der Waals surface area contributed by atoms with Gasteiger partial charge in [-0.05, 0) is 104 Å². The Hall–Kier alpha value is -3.21. The zero-order valence-corrected chi connectivity index (χ0v) is 32.5. The third kappa shape index (κ3) is 9.54. The van der Waals surface area contributed by atoms with E-state index in [1.54, 1.807) is 7.11 Å². The summed E-state index contributed by atoms with van der Waals surface area (Å²) >= 11 is 1.52. The number of fused-ring (bicyclic) bond motifs is 9. The average Bonchev–Trinajstić information content (AvgIpc) is 3.69. The fraction of sp³-hybridized carbons (Fsp3) is 0.489. The number of carbonyl (C=O) groups is 1. The lowest BCUT2D eigenvalue weighted by Crippen LogP contribution is -2.54. The molecule has 3 aliphatic rings. The molecule has 5 atom stereocenters. The second kappa shape index (κ2) is 17.9. The van der Waals surface area contributed by atoms with Crippen molar-refractivity contribution in [3.05, 3.63) is 118 Å². The van der Waals surface area contributed by atoms with E-state index < -0.39 is 23.2 Å². The number of hydrogen-bond acceptors (Lipinski definition) is 8. The molecule has 3 N–H and O–H groups in total. The number of allylic oxidation sites excluding steroid dienone is 2. The maximum Gasteiger partial charge on any atom is 0.203 e. The molecular weight excluding hydrogens is 683 g/mol. The number of thiophene rings is 1. The molecule has 0 spiro atoms. The lowest BCUT2D eigenvalue weighted by Gasteiger charge is -2.46. The summed E-state index contributed by atoms with van der Waals surface area (Å²) in [6.07, 6.45) is 6.60. The molecular formula is C45H57NO6S. The van der Waals surface area contributed by atoms with Gasteiger partial charge in [-0.15, -0.1) is 11.3 Å². The molecule has 53 heavy (non-hydrogen) atoms. The van der Waals surface area contributed by atoms with E-state index in [1.807, 2.05) is 60.7 Å². The maximum absolute atomic E-state index is 14.6. The number of methoxy groups -OCH3 is 1. The Morgan fingerprint density at radius 1 is 1.04 bits per heavy atom. The molecule has 1 saturated carbocycles. The van der Waals surface area contributed by atoms with E-state index in [9.17, 15) is 20.1 Å². The topological polar surface area (TPSA) is 99.5 Å². The standard InChI is InChI=1S/C45H57NO6S/c1-32-11-9-21-44(2)40(20-22-45(44,50)31-46(23-10-24-51-3)28-37(48)30-52-29-33-12-5-4-6-13-33)38-19-17-34(25-36(47)18-16-32)26-39(38)43(49)42-27-35-14-7-8-15-41(35)53-42/h4-8,11-15,17,19,26-27,36-37,40,47-48,50H,9-10,16,18,20-25,28-31H2,1-3H3/t36-,37+,40-,44-,45+/m0/s1. The van der Waals surface area contributed by atoms with Gasteiger partial charge in [-0.2, -0.15) is 0 Å². The number of ether oxygens (including phenoxy) is 2. The largest absolute Gasteiger partial charge is 0.393 e. The van der Waals surface area contributed by atoms with Gasteiger partial charge >= 0.3 is 0 Å². The van der Waals surface area contributed by atoms with Crippen molar-refractivity contribution < 1.29 is 29.6 Å². The van der Waals surface area contributed by atoms with Crippen LogP contribution >= 0.6 is 11.3 Å². The van der Waals surface area contributed by atoms with Gasteiger partial charge in [0.1, 0.15) is 0 Å². The summed E-state index contributed by atoms with van der Waals surface area (Å²) in [4.78, 5) is 17.5. The molecule has 1 fully saturated rings. The predicted octanol–water partition coefficient (Wildman–Crippen LogP) is 8.09. The van der Waals surface area contributed by atoms with E-state index >= 15 is 0 Å². The van der Waals surface area contributed by atoms with Crippen LogP contribution in [-0.2, 0) is 22.5 Å². The third-order valence-electron chi connectivity index (χ3n) is 11.8. The number of rotatable bonds is 14. The van der Waals surface area contributed by atoms with Crippen LogP contribution in [0.3, 0.4) is 0 Å². The highest BCUT2D eigenvalue weighted by Crippen LogP contribution is 2.59. The summed E-state index contributed by atoms with van der Waals surface area (Å²) in [6, 6.07) is 26.2. The van der Waals surface area contributed by atoms with E-state index in [4.69, 9.17) is 9.47 Å². The molecule has 4 aromatic rings. The lowest BCUT2D eigenvalue weighted by molar-refractivity contribution is -0.0913. The summed E-state index contributed by atoms with van der Waals surface area (Å²) in [5, 5.41) is 36.2. The Bertz CT molecular complexity index is 1810. The van der Waals surface area contributed by atoms with Crippen LogP contribution in [0.25, 0.3) is 10.1 Å². The van der Waals surface area contributed by atoms with E-state index in [-0.39, 0.29) is 18.3 Å². The molecule has 7 rings (SSSR count). The van der Waals surface area contributed by atoms with Crippen molar-refractivity contribution in [1.82, 2.24) is 4.90 Å². The minimum absolute atomic E-state index is 0.00187. The number of aliphatic hydroxyl groups is 3. The summed E-state index contributed by atoms with van der Waals surface area (Å²) in [6.45, 7) is 6.99. The predicted molar refractivity (Wildman–Crippen MR) is 214 cm³/mol. The van der Waals surface area contributed by atoms with E-state index in [2.05, 4.69) is 43.0 Å². The highest BCUT2D eigenvalue weighted by atomic mass is 32.1. The summed E-state index contributed by atoms with van der Waals surface area (Å²) in [5.41, 5.74) is 3.25. The van der Waals surface area contributed by atoms with Gasteiger partial charge in [0.25, 0.3) is 0 Å². The van der Waals surface area contributed by atoms with Crippen LogP contribution in [0, 0.1) is 5.41 Å². The lowest BCUT2D eigenvalue weighted by atomic mass is 9.64. The Morgan fingerprint density at radius 2 is 1.83 bits per heavy atom. The van der Waals surface area contributed by atoms with Gasteiger partial charge in [-0.25, -0.2) is 0 Å². The van der Waals surface area contributed by atoms with E-state index in [0.29, 0.717) is 62.6 Å². The normalized spacial score (nSPS) is 24.2. The molecule has 0 saturated heterocycles. The highest BCUT2D eigenvalue weighted by Gasteiger charge is 2.57. The number of ketones is 1. The minimum atomic E-state index is -1.08. The van der Waals surface area contributed by atoms with Crippen LogP contribution in [0.2, 0.25) is 0 Å². The molecule has 1 aromatic heterocycles. The number of benzene rings is 3. The maximum atomic E-state index is 14.6. The van der Waals surface area contributed by atoms with Crippen LogP contribution in [0.5, 0.6) is 0 Å². The van der Waals surface area contributed by atoms with Crippen molar-refractivity contribution in [3.63, 3.8) is 0 Å². The van der Waals surface area contributed by atoms with Crippen molar-refractivity contribution in [2.24, 2.45) is 5.41 Å². The molecule has 7 nitrogen and oxygen atoms in total. The summed E-state index contributed by atoms with van der Waals surface area (Å²) < 4.78 is 12.4. The average molecular weight is 740 g/mol. The van der Waals surface area contributed by atoms with Gasteiger partial charge in [0, 0.05) is 49.0 Å². The first-order valence-electron chi connectivity index (χ1n) is 19.3. The Kier molecular flexibility index (Phi) is 13.4. The van der Waals surface area contributed by atoms with Crippen molar-refractivity contribution in [3.8, 4) is 0 Å². The Balaban J connectivity index is 1.32. The first kappa shape index (κ1) is 39.5. The van der Waals surface area contributed by atoms with E-state index in [1.165, 1.54) is 16.9 Å². The monoisotopic (exact) mass is 739 g/mol. The second-order valence-electron chi connectivity index (χ2n) is 15.7. The molecule has 0 amide bonds. The zero-order valence-electron chi connectivity index (χ0n) is 31.6. The van der Waals surface area contributed by atoms with Gasteiger partial charge in [0.2, 0.25) is 5.78 Å².